The zero-order valence-electron chi connectivity index (χ0n) is 10.1. The highest BCUT2D eigenvalue weighted by atomic mass is 16.4. The highest BCUT2D eigenvalue weighted by Gasteiger charge is 2.16. The van der Waals surface area contributed by atoms with Crippen molar-refractivity contribution in [2.75, 3.05) is 32.1 Å². The van der Waals surface area contributed by atoms with Gasteiger partial charge < -0.3 is 19.3 Å². The molecule has 0 atom stereocenters. The Bertz CT molecular complexity index is 411. The molecule has 1 amide bonds. The number of aromatic carboxylic acids is 1. The summed E-state index contributed by atoms with van der Waals surface area (Å²) in [6, 6.07) is 2.93. The summed E-state index contributed by atoms with van der Waals surface area (Å²) in [7, 11) is 3.34. The largest absolute Gasteiger partial charge is 0.475 e. The molecule has 1 N–H and O–H groups in total. The van der Waals surface area contributed by atoms with E-state index in [2.05, 4.69) is 0 Å². The van der Waals surface area contributed by atoms with Gasteiger partial charge in [0.1, 0.15) is 0 Å². The predicted octanol–water partition coefficient (Wildman–Crippen LogP) is 0.892. The van der Waals surface area contributed by atoms with E-state index in [1.54, 1.807) is 25.1 Å². The molecule has 6 nitrogen and oxygen atoms in total. The van der Waals surface area contributed by atoms with Crippen molar-refractivity contribution in [1.82, 2.24) is 4.90 Å². The maximum absolute atomic E-state index is 11.6. The van der Waals surface area contributed by atoms with Gasteiger partial charge in [-0.05, 0) is 13.0 Å². The number of rotatable bonds is 5. The van der Waals surface area contributed by atoms with Crippen LogP contribution in [0.1, 0.15) is 17.5 Å². The Morgan fingerprint density at radius 3 is 2.41 bits per heavy atom. The molecule has 0 bridgehead atoms. The predicted molar refractivity (Wildman–Crippen MR) is 62.2 cm³/mol. The van der Waals surface area contributed by atoms with Gasteiger partial charge in [-0.3, -0.25) is 4.79 Å². The minimum absolute atomic E-state index is 0.0693. The maximum atomic E-state index is 11.6. The van der Waals surface area contributed by atoms with E-state index in [-0.39, 0.29) is 18.2 Å². The average molecular weight is 240 g/mol. The third kappa shape index (κ3) is 3.24. The van der Waals surface area contributed by atoms with Crippen molar-refractivity contribution in [3.8, 4) is 0 Å². The molecular weight excluding hydrogens is 224 g/mol. The van der Waals surface area contributed by atoms with Gasteiger partial charge in [-0.2, -0.15) is 0 Å². The lowest BCUT2D eigenvalue weighted by Gasteiger charge is -2.21. The van der Waals surface area contributed by atoms with Gasteiger partial charge in [0.25, 0.3) is 0 Å². The summed E-state index contributed by atoms with van der Waals surface area (Å²) in [6.45, 7) is 2.59. The number of carbonyl (C=O) groups is 2. The van der Waals surface area contributed by atoms with Gasteiger partial charge in [0, 0.05) is 26.7 Å². The van der Waals surface area contributed by atoms with Gasteiger partial charge in [-0.15, -0.1) is 0 Å². The number of carboxylic acids is 1. The molecule has 1 rings (SSSR count). The first-order chi connectivity index (χ1) is 7.95. The maximum Gasteiger partial charge on any atom is 0.371 e. The van der Waals surface area contributed by atoms with Gasteiger partial charge in [-0.1, -0.05) is 0 Å². The molecule has 0 saturated heterocycles. The van der Waals surface area contributed by atoms with E-state index in [1.165, 1.54) is 11.0 Å². The van der Waals surface area contributed by atoms with E-state index in [4.69, 9.17) is 9.52 Å². The fraction of sp³-hybridized carbons (Fsp3) is 0.455. The summed E-state index contributed by atoms with van der Waals surface area (Å²) in [5, 5.41) is 8.74. The molecule has 0 aliphatic heterocycles. The summed E-state index contributed by atoms with van der Waals surface area (Å²) in [6.07, 6.45) is 0. The zero-order chi connectivity index (χ0) is 13.0. The van der Waals surface area contributed by atoms with Crippen molar-refractivity contribution >= 4 is 17.8 Å². The molecule has 1 aromatic rings. The Morgan fingerprint density at radius 1 is 1.35 bits per heavy atom. The molecule has 0 radical (unpaired) electrons. The van der Waals surface area contributed by atoms with E-state index >= 15 is 0 Å². The summed E-state index contributed by atoms with van der Waals surface area (Å²) in [5.74, 6) is -0.929. The van der Waals surface area contributed by atoms with Crippen molar-refractivity contribution in [3.63, 3.8) is 0 Å². The minimum Gasteiger partial charge on any atom is -0.475 e. The van der Waals surface area contributed by atoms with Crippen LogP contribution in [-0.2, 0) is 4.79 Å². The number of nitrogens with zero attached hydrogens (tertiary/aromatic N) is 2. The van der Waals surface area contributed by atoms with Crippen LogP contribution in [0.3, 0.4) is 0 Å². The van der Waals surface area contributed by atoms with E-state index < -0.39 is 5.97 Å². The van der Waals surface area contributed by atoms with Crippen LogP contribution in [0.4, 0.5) is 5.88 Å². The van der Waals surface area contributed by atoms with Crippen LogP contribution in [0.5, 0.6) is 0 Å². The molecule has 1 heterocycles. The Kier molecular flexibility index (Phi) is 4.14. The smallest absolute Gasteiger partial charge is 0.371 e. The Labute approximate surface area is 99.4 Å². The SMILES string of the molecule is CCN(CC(=O)N(C)C)c1ccc(C(=O)O)o1. The van der Waals surface area contributed by atoms with Crippen LogP contribution in [0, 0.1) is 0 Å². The van der Waals surface area contributed by atoms with Gasteiger partial charge in [-0.25, -0.2) is 4.79 Å². The second-order valence-corrected chi connectivity index (χ2v) is 3.75. The first-order valence-corrected chi connectivity index (χ1v) is 5.24. The topological polar surface area (TPSA) is 74.0 Å². The zero-order valence-corrected chi connectivity index (χ0v) is 10.1. The lowest BCUT2D eigenvalue weighted by Crippen LogP contribution is -2.36. The number of furan rings is 1. The van der Waals surface area contributed by atoms with Crippen LogP contribution >= 0.6 is 0 Å². The van der Waals surface area contributed by atoms with Crippen LogP contribution in [0.2, 0.25) is 0 Å². The molecule has 94 valence electrons. The van der Waals surface area contributed by atoms with E-state index in [9.17, 15) is 9.59 Å². The summed E-state index contributed by atoms with van der Waals surface area (Å²) in [5.41, 5.74) is 0. The lowest BCUT2D eigenvalue weighted by atomic mass is 10.4. The van der Waals surface area contributed by atoms with Crippen molar-refractivity contribution in [1.29, 1.82) is 0 Å². The summed E-state index contributed by atoms with van der Waals surface area (Å²) < 4.78 is 5.13. The molecule has 0 saturated carbocycles. The standard InChI is InChI=1S/C11H16N2O4/c1-4-13(7-9(14)12(2)3)10-6-5-8(17-10)11(15)16/h5-6H,4,7H2,1-3H3,(H,15,16). The number of hydrogen-bond donors (Lipinski definition) is 1. The summed E-state index contributed by atoms with van der Waals surface area (Å²) in [4.78, 5) is 25.4. The molecule has 0 spiro atoms. The van der Waals surface area contributed by atoms with Crippen LogP contribution in [-0.4, -0.2) is 49.1 Å². The molecule has 0 unspecified atom stereocenters. The number of likely N-dealkylation sites (N-methyl/N-ethyl adjacent to an activating group) is 2. The Hall–Kier alpha value is -1.98. The number of anilines is 1. The van der Waals surface area contributed by atoms with Crippen molar-refractivity contribution in [2.24, 2.45) is 0 Å². The monoisotopic (exact) mass is 240 g/mol. The Morgan fingerprint density at radius 2 is 2.00 bits per heavy atom. The molecule has 0 aromatic carbocycles. The van der Waals surface area contributed by atoms with E-state index in [1.807, 2.05) is 6.92 Å². The second-order valence-electron chi connectivity index (χ2n) is 3.75. The Balaban J connectivity index is 2.79. The van der Waals surface area contributed by atoms with Crippen molar-refractivity contribution < 1.29 is 19.1 Å². The quantitative estimate of drug-likeness (QED) is 0.827. The fourth-order valence-corrected chi connectivity index (χ4v) is 1.26. The molecule has 1 aromatic heterocycles. The van der Waals surface area contributed by atoms with Crippen molar-refractivity contribution in [2.45, 2.75) is 6.92 Å². The molecule has 6 heteroatoms. The second kappa shape index (κ2) is 5.38. The summed E-state index contributed by atoms with van der Waals surface area (Å²) >= 11 is 0. The molecule has 17 heavy (non-hydrogen) atoms. The van der Waals surface area contributed by atoms with E-state index in [0.717, 1.165) is 0 Å². The van der Waals surface area contributed by atoms with E-state index in [0.29, 0.717) is 12.4 Å². The number of carboxylic acid groups (broad SMARTS) is 1. The average Bonchev–Trinajstić information content (AvgIpc) is 2.74. The van der Waals surface area contributed by atoms with Gasteiger partial charge >= 0.3 is 5.97 Å². The normalized spacial score (nSPS) is 10.1. The number of hydrogen-bond acceptors (Lipinski definition) is 4. The third-order valence-corrected chi connectivity index (χ3v) is 2.32. The number of carbonyl (C=O) groups excluding carboxylic acids is 1. The first-order valence-electron chi connectivity index (χ1n) is 5.24. The lowest BCUT2D eigenvalue weighted by molar-refractivity contribution is -0.127. The molecule has 0 fully saturated rings. The highest BCUT2D eigenvalue weighted by Crippen LogP contribution is 2.18. The highest BCUT2D eigenvalue weighted by molar-refractivity contribution is 5.85. The van der Waals surface area contributed by atoms with Crippen LogP contribution in [0.25, 0.3) is 0 Å². The first kappa shape index (κ1) is 13.1. The third-order valence-electron chi connectivity index (χ3n) is 2.32. The number of amides is 1. The minimum atomic E-state index is -1.12. The van der Waals surface area contributed by atoms with Gasteiger partial charge in [0.05, 0.1) is 6.54 Å². The van der Waals surface area contributed by atoms with Crippen LogP contribution in [0.15, 0.2) is 16.5 Å². The van der Waals surface area contributed by atoms with Crippen LogP contribution < -0.4 is 4.90 Å². The molecule has 0 aliphatic rings. The van der Waals surface area contributed by atoms with Gasteiger partial charge in [0.15, 0.2) is 5.88 Å². The molecular formula is C11H16N2O4. The van der Waals surface area contributed by atoms with Gasteiger partial charge in [0.2, 0.25) is 11.7 Å². The van der Waals surface area contributed by atoms with Crippen molar-refractivity contribution in [3.05, 3.63) is 17.9 Å². The molecule has 0 aliphatic carbocycles. The fourth-order valence-electron chi connectivity index (χ4n) is 1.26.